The molecule has 17 heteroatoms. The Balaban J connectivity index is 1.26. The number of aryl methyl sites for hydroxylation is 1. The van der Waals surface area contributed by atoms with Gasteiger partial charge in [-0.05, 0) is 62.3 Å². The minimum atomic E-state index is -4.61. The SMILES string of the molecule is COc1[nH]cc(C)c(=O)c1C(=O)N1CCC2(CC1)CC(C)c1c2c(=O)n2nc(C3=CCOCC3)nc2n1CC(=O)Nc1ccc(C(F)(F)F)cc1Cl. The van der Waals surface area contributed by atoms with Crippen molar-refractivity contribution in [3.05, 3.63) is 89.8 Å². The molecule has 0 bridgehead atoms. The zero-order valence-corrected chi connectivity index (χ0v) is 29.3. The first kappa shape index (κ1) is 35.4. The Morgan fingerprint density at radius 3 is 2.62 bits per heavy atom. The van der Waals surface area contributed by atoms with Gasteiger partial charge in [-0.1, -0.05) is 24.6 Å². The zero-order valence-electron chi connectivity index (χ0n) is 28.5. The predicted molar refractivity (Wildman–Crippen MR) is 184 cm³/mol. The number of nitrogens with zero attached hydrogens (tertiary/aromatic N) is 5. The molecule has 274 valence electrons. The van der Waals surface area contributed by atoms with Crippen molar-refractivity contribution in [1.82, 2.24) is 29.0 Å². The van der Waals surface area contributed by atoms with Crippen molar-refractivity contribution in [2.24, 2.45) is 0 Å². The lowest BCUT2D eigenvalue weighted by molar-refractivity contribution is -0.137. The summed E-state index contributed by atoms with van der Waals surface area (Å²) in [4.78, 5) is 63.9. The molecule has 1 saturated heterocycles. The molecule has 2 aliphatic heterocycles. The average molecular weight is 742 g/mol. The molecule has 52 heavy (non-hydrogen) atoms. The number of carbonyl (C=O) groups is 2. The second-order valence-electron chi connectivity index (χ2n) is 13.5. The number of halogens is 4. The Bertz CT molecular complexity index is 2270. The van der Waals surface area contributed by atoms with E-state index in [1.165, 1.54) is 17.8 Å². The monoisotopic (exact) mass is 741 g/mol. The number of aromatic nitrogens is 5. The number of piperidine rings is 1. The van der Waals surface area contributed by atoms with E-state index in [9.17, 15) is 32.3 Å². The van der Waals surface area contributed by atoms with Gasteiger partial charge >= 0.3 is 6.18 Å². The quantitative estimate of drug-likeness (QED) is 0.289. The molecule has 7 rings (SSSR count). The van der Waals surface area contributed by atoms with Crippen LogP contribution < -0.4 is 21.0 Å². The molecular formula is C35H35ClF3N7O6. The number of pyridine rings is 1. The van der Waals surface area contributed by atoms with Gasteiger partial charge in [-0.15, -0.1) is 5.10 Å². The third-order valence-electron chi connectivity index (χ3n) is 10.3. The summed E-state index contributed by atoms with van der Waals surface area (Å²) in [5, 5.41) is 6.93. The molecule has 5 heterocycles. The summed E-state index contributed by atoms with van der Waals surface area (Å²) in [7, 11) is 1.37. The number of fused-ring (bicyclic) bond motifs is 3. The third-order valence-corrected chi connectivity index (χ3v) is 10.6. The number of amides is 2. The molecule has 3 aromatic heterocycles. The van der Waals surface area contributed by atoms with Gasteiger partial charge in [0.15, 0.2) is 5.82 Å². The molecule has 1 fully saturated rings. The van der Waals surface area contributed by atoms with Gasteiger partial charge in [0.25, 0.3) is 11.5 Å². The first-order valence-corrected chi connectivity index (χ1v) is 17.1. The maximum atomic E-state index is 14.5. The average Bonchev–Trinajstić information content (AvgIpc) is 3.69. The largest absolute Gasteiger partial charge is 0.482 e. The Kier molecular flexibility index (Phi) is 9.01. The van der Waals surface area contributed by atoms with Crippen LogP contribution in [-0.4, -0.2) is 74.3 Å². The van der Waals surface area contributed by atoms with Crippen molar-refractivity contribution in [2.45, 2.75) is 63.6 Å². The lowest BCUT2D eigenvalue weighted by Crippen LogP contribution is -2.47. The number of ether oxygens (including phenoxy) is 2. The van der Waals surface area contributed by atoms with E-state index in [4.69, 9.17) is 26.1 Å². The van der Waals surface area contributed by atoms with Gasteiger partial charge in [-0.25, -0.2) is 0 Å². The molecule has 4 aromatic rings. The van der Waals surface area contributed by atoms with Crippen molar-refractivity contribution < 1.29 is 32.2 Å². The van der Waals surface area contributed by atoms with Crippen LogP contribution in [0.2, 0.25) is 5.02 Å². The second kappa shape index (κ2) is 13.2. The van der Waals surface area contributed by atoms with E-state index in [0.29, 0.717) is 61.5 Å². The van der Waals surface area contributed by atoms with Crippen molar-refractivity contribution in [3.8, 4) is 5.88 Å². The fraction of sp³-hybridized carbons (Fsp3) is 0.429. The first-order valence-electron chi connectivity index (χ1n) is 16.8. The number of hydrogen-bond acceptors (Lipinski definition) is 8. The number of anilines is 1. The molecular weight excluding hydrogens is 707 g/mol. The Labute approximate surface area is 299 Å². The molecule has 0 radical (unpaired) electrons. The molecule has 3 aliphatic rings. The molecule has 13 nitrogen and oxygen atoms in total. The van der Waals surface area contributed by atoms with Gasteiger partial charge in [0.2, 0.25) is 23.0 Å². The normalized spacial score (nSPS) is 18.4. The number of aromatic amines is 1. The van der Waals surface area contributed by atoms with Gasteiger partial charge in [0.05, 0.1) is 36.6 Å². The van der Waals surface area contributed by atoms with Crippen LogP contribution in [0, 0.1) is 6.92 Å². The van der Waals surface area contributed by atoms with E-state index in [2.05, 4.69) is 15.4 Å². The number of H-pyrrole nitrogens is 1. The van der Waals surface area contributed by atoms with E-state index in [0.717, 1.165) is 23.8 Å². The topological polar surface area (TPSA) is 153 Å². The Morgan fingerprint density at radius 1 is 1.21 bits per heavy atom. The molecule has 0 saturated carbocycles. The highest BCUT2D eigenvalue weighted by atomic mass is 35.5. The van der Waals surface area contributed by atoms with Crippen LogP contribution >= 0.6 is 11.6 Å². The summed E-state index contributed by atoms with van der Waals surface area (Å²) in [6, 6.07) is 2.67. The third kappa shape index (κ3) is 6.06. The molecule has 2 N–H and O–H groups in total. The van der Waals surface area contributed by atoms with Crippen LogP contribution in [-0.2, 0) is 27.7 Å². The van der Waals surface area contributed by atoms with Crippen molar-refractivity contribution in [1.29, 1.82) is 0 Å². The molecule has 2 amide bonds. The second-order valence-corrected chi connectivity index (χ2v) is 13.9. The van der Waals surface area contributed by atoms with E-state index >= 15 is 0 Å². The number of alkyl halides is 3. The highest BCUT2D eigenvalue weighted by Crippen LogP contribution is 2.50. The summed E-state index contributed by atoms with van der Waals surface area (Å²) in [6.07, 6.45) is 0.587. The van der Waals surface area contributed by atoms with Gasteiger partial charge in [-0.3, -0.25) is 19.2 Å². The van der Waals surface area contributed by atoms with E-state index in [1.54, 1.807) is 16.4 Å². The van der Waals surface area contributed by atoms with Gasteiger partial charge in [-0.2, -0.15) is 22.7 Å². The Morgan fingerprint density at radius 2 is 1.96 bits per heavy atom. The first-order chi connectivity index (χ1) is 24.7. The number of benzene rings is 1. The minimum Gasteiger partial charge on any atom is -0.482 e. The summed E-state index contributed by atoms with van der Waals surface area (Å²) in [5.41, 5.74) is -0.293. The lowest BCUT2D eigenvalue weighted by Gasteiger charge is -2.39. The highest BCUT2D eigenvalue weighted by molar-refractivity contribution is 6.33. The number of carbonyl (C=O) groups excluding carboxylic acids is 2. The van der Waals surface area contributed by atoms with Gasteiger partial charge in [0, 0.05) is 41.5 Å². The fourth-order valence-corrected chi connectivity index (χ4v) is 7.96. The summed E-state index contributed by atoms with van der Waals surface area (Å²) < 4.78 is 53.3. The number of hydrogen-bond donors (Lipinski definition) is 2. The van der Waals surface area contributed by atoms with E-state index < -0.39 is 34.4 Å². The maximum Gasteiger partial charge on any atom is 0.416 e. The fourth-order valence-electron chi connectivity index (χ4n) is 7.73. The minimum absolute atomic E-state index is 0.00599. The summed E-state index contributed by atoms with van der Waals surface area (Å²) in [6.45, 7) is 4.53. The highest BCUT2D eigenvalue weighted by Gasteiger charge is 2.49. The van der Waals surface area contributed by atoms with Crippen LogP contribution in [0.4, 0.5) is 18.9 Å². The summed E-state index contributed by atoms with van der Waals surface area (Å²) >= 11 is 6.15. The molecule has 1 aliphatic carbocycles. The standard InChI is InChI=1S/C35H35ClF3N7O6/c1-18-15-34(8-10-44(11-9-34)31(49)25-28(48)19(2)16-40-30(25)51-3)26-27(18)45(17-24(47)41-23-5-4-21(14-22(23)36)35(37,38)39)33-42-29(43-46(33)32(26)50)20-6-12-52-13-7-20/h4-6,14,16,18H,7-13,15,17H2,1-3H3,(H,40,48)(H,41,47). The molecule has 1 spiro atoms. The van der Waals surface area contributed by atoms with Crippen molar-refractivity contribution in [3.63, 3.8) is 0 Å². The number of nitrogens with one attached hydrogen (secondary N) is 2. The van der Waals surface area contributed by atoms with Crippen LogP contribution in [0.3, 0.4) is 0 Å². The van der Waals surface area contributed by atoms with Crippen LogP contribution in [0.25, 0.3) is 11.4 Å². The van der Waals surface area contributed by atoms with Gasteiger partial charge < -0.3 is 29.2 Å². The van der Waals surface area contributed by atoms with Crippen LogP contribution in [0.1, 0.15) is 77.1 Å². The smallest absolute Gasteiger partial charge is 0.416 e. The molecule has 1 atom stereocenters. The maximum absolute atomic E-state index is 14.5. The zero-order chi connectivity index (χ0) is 37.1. The Hall–Kier alpha value is -4.96. The lowest BCUT2D eigenvalue weighted by atomic mass is 9.73. The van der Waals surface area contributed by atoms with Crippen LogP contribution in [0.5, 0.6) is 5.88 Å². The van der Waals surface area contributed by atoms with Gasteiger partial charge in [0.1, 0.15) is 12.1 Å². The molecule has 1 aromatic carbocycles. The number of rotatable bonds is 6. The molecule has 1 unspecified atom stereocenters. The number of methoxy groups -OCH3 is 1. The van der Waals surface area contributed by atoms with Crippen molar-refractivity contribution in [2.75, 3.05) is 38.7 Å². The van der Waals surface area contributed by atoms with Crippen molar-refractivity contribution >= 4 is 40.5 Å². The number of likely N-dealkylation sites (tertiary alicyclic amines) is 1. The van der Waals surface area contributed by atoms with Crippen LogP contribution in [0.15, 0.2) is 40.1 Å². The van der Waals surface area contributed by atoms with E-state index in [1.807, 2.05) is 13.0 Å². The predicted octanol–water partition coefficient (Wildman–Crippen LogP) is 4.69. The van der Waals surface area contributed by atoms with E-state index in [-0.39, 0.29) is 59.0 Å². The summed E-state index contributed by atoms with van der Waals surface area (Å²) in [5.74, 6) is -0.760.